The van der Waals surface area contributed by atoms with E-state index in [2.05, 4.69) is 5.16 Å². The standard InChI is InChI=1S/C16H17ClFN3O2/c1-10-7-11(19-23-10)9-20(2)15-5-6-21(16(15)22)12-3-4-14(18)13(17)8-12/h3-4,7-8,15H,5-6,9H2,1-2H3. The van der Waals surface area contributed by atoms with Crippen LogP contribution in [0, 0.1) is 12.7 Å². The lowest BCUT2D eigenvalue weighted by atomic mass is 10.2. The number of benzene rings is 1. The topological polar surface area (TPSA) is 49.6 Å². The van der Waals surface area contributed by atoms with Gasteiger partial charge in [0.25, 0.3) is 0 Å². The number of halogens is 2. The zero-order valence-electron chi connectivity index (χ0n) is 12.9. The van der Waals surface area contributed by atoms with E-state index >= 15 is 0 Å². The maximum atomic E-state index is 13.3. The summed E-state index contributed by atoms with van der Waals surface area (Å²) in [5.41, 5.74) is 1.41. The molecule has 1 unspecified atom stereocenters. The molecule has 1 aromatic heterocycles. The fourth-order valence-electron chi connectivity index (χ4n) is 2.84. The van der Waals surface area contributed by atoms with Crippen molar-refractivity contribution in [2.45, 2.75) is 25.9 Å². The fraction of sp³-hybridized carbons (Fsp3) is 0.375. The van der Waals surface area contributed by atoms with Crippen molar-refractivity contribution in [2.24, 2.45) is 0 Å². The Kier molecular flexibility index (Phi) is 4.37. The van der Waals surface area contributed by atoms with Crippen LogP contribution in [-0.4, -0.2) is 35.6 Å². The lowest BCUT2D eigenvalue weighted by Crippen LogP contribution is -2.39. The molecule has 1 amide bonds. The molecule has 7 heteroatoms. The van der Waals surface area contributed by atoms with Gasteiger partial charge in [0, 0.05) is 24.8 Å². The molecule has 23 heavy (non-hydrogen) atoms. The molecule has 0 aliphatic carbocycles. The predicted molar refractivity (Wildman–Crippen MR) is 84.9 cm³/mol. The molecule has 0 bridgehead atoms. The number of carbonyl (C=O) groups excluding carboxylic acids is 1. The van der Waals surface area contributed by atoms with Gasteiger partial charge in [0.15, 0.2) is 0 Å². The molecule has 1 atom stereocenters. The Bertz CT molecular complexity index is 734. The zero-order valence-corrected chi connectivity index (χ0v) is 13.7. The number of hydrogen-bond acceptors (Lipinski definition) is 4. The van der Waals surface area contributed by atoms with Crippen LogP contribution in [-0.2, 0) is 11.3 Å². The molecule has 0 saturated carbocycles. The third-order valence-corrected chi connectivity index (χ3v) is 4.30. The van der Waals surface area contributed by atoms with Crippen molar-refractivity contribution in [1.29, 1.82) is 0 Å². The first kappa shape index (κ1) is 16.0. The van der Waals surface area contributed by atoms with Crippen molar-refractivity contribution >= 4 is 23.2 Å². The molecule has 3 rings (SSSR count). The summed E-state index contributed by atoms with van der Waals surface area (Å²) in [5.74, 6) is 0.237. The maximum absolute atomic E-state index is 13.3. The van der Waals surface area contributed by atoms with Crippen LogP contribution in [0.15, 0.2) is 28.8 Å². The average Bonchev–Trinajstić information content (AvgIpc) is 3.08. The Labute approximate surface area is 138 Å². The van der Waals surface area contributed by atoms with Crippen LogP contribution >= 0.6 is 11.6 Å². The number of amides is 1. The molecule has 122 valence electrons. The van der Waals surface area contributed by atoms with Gasteiger partial charge in [0.05, 0.1) is 16.8 Å². The quantitative estimate of drug-likeness (QED) is 0.860. The van der Waals surface area contributed by atoms with Gasteiger partial charge in [-0.1, -0.05) is 16.8 Å². The van der Waals surface area contributed by atoms with E-state index in [9.17, 15) is 9.18 Å². The van der Waals surface area contributed by atoms with Crippen molar-refractivity contribution in [3.05, 3.63) is 46.6 Å². The van der Waals surface area contributed by atoms with Gasteiger partial charge in [-0.2, -0.15) is 0 Å². The SMILES string of the molecule is Cc1cc(CN(C)C2CCN(c3ccc(F)c(Cl)c3)C2=O)no1. The number of aryl methyl sites for hydroxylation is 1. The van der Waals surface area contributed by atoms with E-state index in [0.717, 1.165) is 11.5 Å². The summed E-state index contributed by atoms with van der Waals surface area (Å²) in [6.07, 6.45) is 0.696. The first-order chi connectivity index (χ1) is 11.0. The third kappa shape index (κ3) is 3.23. The molecular formula is C16H17ClFN3O2. The van der Waals surface area contributed by atoms with Crippen LogP contribution < -0.4 is 4.90 Å². The molecule has 0 spiro atoms. The van der Waals surface area contributed by atoms with Gasteiger partial charge >= 0.3 is 0 Å². The van der Waals surface area contributed by atoms with Gasteiger partial charge in [-0.25, -0.2) is 4.39 Å². The van der Waals surface area contributed by atoms with Crippen LogP contribution in [0.4, 0.5) is 10.1 Å². The van der Waals surface area contributed by atoms with E-state index < -0.39 is 5.82 Å². The number of likely N-dealkylation sites (N-methyl/N-ethyl adjacent to an activating group) is 1. The van der Waals surface area contributed by atoms with Gasteiger partial charge in [-0.15, -0.1) is 0 Å². The summed E-state index contributed by atoms with van der Waals surface area (Å²) in [4.78, 5) is 16.2. The van der Waals surface area contributed by atoms with Gasteiger partial charge in [-0.3, -0.25) is 9.69 Å². The Morgan fingerprint density at radius 1 is 1.48 bits per heavy atom. The number of nitrogens with zero attached hydrogens (tertiary/aromatic N) is 3. The molecule has 0 radical (unpaired) electrons. The molecule has 2 aromatic rings. The molecule has 2 heterocycles. The van der Waals surface area contributed by atoms with Crippen molar-refractivity contribution in [3.63, 3.8) is 0 Å². The Morgan fingerprint density at radius 2 is 2.26 bits per heavy atom. The number of rotatable bonds is 4. The van der Waals surface area contributed by atoms with Crippen LogP contribution in [0.3, 0.4) is 0 Å². The van der Waals surface area contributed by atoms with Gasteiger partial charge < -0.3 is 9.42 Å². The van der Waals surface area contributed by atoms with E-state index in [0.29, 0.717) is 25.2 Å². The van der Waals surface area contributed by atoms with Gasteiger partial charge in [0.2, 0.25) is 5.91 Å². The molecule has 0 N–H and O–H groups in total. The summed E-state index contributed by atoms with van der Waals surface area (Å²) in [5, 5.41) is 3.97. The highest BCUT2D eigenvalue weighted by molar-refractivity contribution is 6.31. The van der Waals surface area contributed by atoms with Crippen LogP contribution in [0.25, 0.3) is 0 Å². The largest absolute Gasteiger partial charge is 0.361 e. The summed E-state index contributed by atoms with van der Waals surface area (Å²) in [6.45, 7) is 2.94. The first-order valence-corrected chi connectivity index (χ1v) is 7.72. The van der Waals surface area contributed by atoms with Crippen LogP contribution in [0.5, 0.6) is 0 Å². The van der Waals surface area contributed by atoms with Crippen LogP contribution in [0.2, 0.25) is 5.02 Å². The van der Waals surface area contributed by atoms with E-state index in [1.54, 1.807) is 11.0 Å². The summed E-state index contributed by atoms with van der Waals surface area (Å²) < 4.78 is 18.3. The highest BCUT2D eigenvalue weighted by atomic mass is 35.5. The summed E-state index contributed by atoms with van der Waals surface area (Å²) in [7, 11) is 1.88. The van der Waals surface area contributed by atoms with E-state index in [-0.39, 0.29) is 17.0 Å². The minimum absolute atomic E-state index is 0.0182. The molecule has 1 saturated heterocycles. The highest BCUT2D eigenvalue weighted by Gasteiger charge is 2.35. The molecule has 5 nitrogen and oxygen atoms in total. The smallest absolute Gasteiger partial charge is 0.244 e. The Hall–Kier alpha value is -1.92. The summed E-state index contributed by atoms with van der Waals surface area (Å²) in [6, 6.07) is 5.95. The second-order valence-electron chi connectivity index (χ2n) is 5.74. The first-order valence-electron chi connectivity index (χ1n) is 7.34. The molecule has 1 aliphatic rings. The van der Waals surface area contributed by atoms with Crippen LogP contribution in [0.1, 0.15) is 17.9 Å². The second kappa shape index (κ2) is 6.29. The van der Waals surface area contributed by atoms with Crippen molar-refractivity contribution in [2.75, 3.05) is 18.5 Å². The van der Waals surface area contributed by atoms with Gasteiger partial charge in [-0.05, 0) is 38.6 Å². The lowest BCUT2D eigenvalue weighted by molar-refractivity contribution is -0.121. The monoisotopic (exact) mass is 337 g/mol. The number of hydrogen-bond donors (Lipinski definition) is 0. The summed E-state index contributed by atoms with van der Waals surface area (Å²) >= 11 is 5.81. The van der Waals surface area contributed by atoms with E-state index in [1.165, 1.54) is 12.1 Å². The average molecular weight is 338 g/mol. The maximum Gasteiger partial charge on any atom is 0.244 e. The van der Waals surface area contributed by atoms with E-state index in [4.69, 9.17) is 16.1 Å². The van der Waals surface area contributed by atoms with Crippen molar-refractivity contribution < 1.29 is 13.7 Å². The molecular weight excluding hydrogens is 321 g/mol. The number of anilines is 1. The lowest BCUT2D eigenvalue weighted by Gasteiger charge is -2.23. The molecule has 1 fully saturated rings. The molecule has 1 aliphatic heterocycles. The Morgan fingerprint density at radius 3 is 2.91 bits per heavy atom. The number of aromatic nitrogens is 1. The van der Waals surface area contributed by atoms with Gasteiger partial charge in [0.1, 0.15) is 11.6 Å². The zero-order chi connectivity index (χ0) is 16.6. The van der Waals surface area contributed by atoms with Crippen molar-refractivity contribution in [3.8, 4) is 0 Å². The highest BCUT2D eigenvalue weighted by Crippen LogP contribution is 2.28. The predicted octanol–water partition coefficient (Wildman–Crippen LogP) is 3.01. The minimum Gasteiger partial charge on any atom is -0.361 e. The third-order valence-electron chi connectivity index (χ3n) is 4.01. The normalized spacial score (nSPS) is 18.2. The van der Waals surface area contributed by atoms with E-state index in [1.807, 2.05) is 24.9 Å². The fourth-order valence-corrected chi connectivity index (χ4v) is 3.02. The second-order valence-corrected chi connectivity index (χ2v) is 6.14. The Balaban J connectivity index is 1.71. The van der Waals surface area contributed by atoms with Crippen molar-refractivity contribution in [1.82, 2.24) is 10.1 Å². The number of carbonyl (C=O) groups is 1. The minimum atomic E-state index is -0.489. The molecule has 1 aromatic carbocycles.